The first-order valence-electron chi connectivity index (χ1n) is 6.41. The zero-order valence-electron chi connectivity index (χ0n) is 10.5. The van der Waals surface area contributed by atoms with Crippen molar-refractivity contribution in [3.63, 3.8) is 0 Å². The van der Waals surface area contributed by atoms with Crippen molar-refractivity contribution in [3.05, 3.63) is 0 Å². The van der Waals surface area contributed by atoms with Gasteiger partial charge in [0.25, 0.3) is 6.43 Å². The predicted octanol–water partition coefficient (Wildman–Crippen LogP) is 1.42. The number of hydrogen-bond donors (Lipinski definition) is 1. The Balaban J connectivity index is 2.29. The van der Waals surface area contributed by atoms with Crippen LogP contribution < -0.4 is 0 Å². The minimum Gasteiger partial charge on any atom is -0.396 e. The Hall–Kier alpha value is -0.750. The molecule has 0 spiro atoms. The van der Waals surface area contributed by atoms with Gasteiger partial charge in [-0.2, -0.15) is 0 Å². The molecule has 1 atom stereocenters. The van der Waals surface area contributed by atoms with Gasteiger partial charge in [0.1, 0.15) is 6.61 Å². The van der Waals surface area contributed by atoms with Gasteiger partial charge in [-0.15, -0.1) is 0 Å². The summed E-state index contributed by atoms with van der Waals surface area (Å²) in [5.74, 6) is -0.0672. The van der Waals surface area contributed by atoms with Gasteiger partial charge in [-0.25, -0.2) is 8.78 Å². The van der Waals surface area contributed by atoms with Crippen LogP contribution in [-0.4, -0.2) is 54.7 Å². The van der Waals surface area contributed by atoms with Crippen LogP contribution in [0.1, 0.15) is 32.1 Å². The molecule has 0 radical (unpaired) electrons. The third-order valence-electron chi connectivity index (χ3n) is 3.11. The minimum atomic E-state index is -2.49. The largest absolute Gasteiger partial charge is 0.396 e. The average molecular weight is 265 g/mol. The first kappa shape index (κ1) is 15.3. The van der Waals surface area contributed by atoms with E-state index >= 15 is 0 Å². The first-order chi connectivity index (χ1) is 8.65. The Morgan fingerprint density at radius 1 is 1.44 bits per heavy atom. The van der Waals surface area contributed by atoms with E-state index in [0.717, 1.165) is 19.3 Å². The second kappa shape index (κ2) is 8.37. The molecule has 1 aliphatic heterocycles. The molecule has 106 valence electrons. The molecule has 1 N–H and O–H groups in total. The Bertz CT molecular complexity index is 249. The summed E-state index contributed by atoms with van der Waals surface area (Å²) in [5, 5.41) is 8.95. The molecule has 0 aromatic rings. The van der Waals surface area contributed by atoms with Crippen LogP contribution in [0.3, 0.4) is 0 Å². The van der Waals surface area contributed by atoms with Crippen LogP contribution >= 0.6 is 0 Å². The zero-order valence-corrected chi connectivity index (χ0v) is 10.5. The molecule has 18 heavy (non-hydrogen) atoms. The highest BCUT2D eigenvalue weighted by molar-refractivity contribution is 5.76. The van der Waals surface area contributed by atoms with Crippen LogP contribution in [0.5, 0.6) is 0 Å². The molecule has 1 unspecified atom stereocenters. The van der Waals surface area contributed by atoms with Crippen molar-refractivity contribution in [2.75, 3.05) is 26.4 Å². The highest BCUT2D eigenvalue weighted by Crippen LogP contribution is 2.20. The third kappa shape index (κ3) is 5.27. The van der Waals surface area contributed by atoms with Gasteiger partial charge in [-0.05, 0) is 25.7 Å². The summed E-state index contributed by atoms with van der Waals surface area (Å²) in [6, 6.07) is 0.0892. The lowest BCUT2D eigenvalue weighted by Crippen LogP contribution is -2.44. The molecule has 6 heteroatoms. The molecule has 4 nitrogen and oxygen atoms in total. The van der Waals surface area contributed by atoms with Crippen LogP contribution in [-0.2, 0) is 9.53 Å². The number of hydrogen-bond acceptors (Lipinski definition) is 3. The van der Waals surface area contributed by atoms with Gasteiger partial charge in [0.2, 0.25) is 5.91 Å². The summed E-state index contributed by atoms with van der Waals surface area (Å²) < 4.78 is 28.4. The molecule has 0 aromatic carbocycles. The molecule has 0 saturated carbocycles. The molecular weight excluding hydrogens is 244 g/mol. The van der Waals surface area contributed by atoms with E-state index in [2.05, 4.69) is 0 Å². The van der Waals surface area contributed by atoms with Crippen LogP contribution in [0.15, 0.2) is 0 Å². The van der Waals surface area contributed by atoms with Crippen molar-refractivity contribution >= 4 is 5.91 Å². The number of aliphatic hydroxyl groups is 1. The lowest BCUT2D eigenvalue weighted by molar-refractivity contribution is -0.136. The number of rotatable bonds is 7. The van der Waals surface area contributed by atoms with E-state index in [1.54, 1.807) is 4.90 Å². The molecule has 1 rings (SSSR count). The molecule has 0 aromatic heterocycles. The van der Waals surface area contributed by atoms with Crippen molar-refractivity contribution < 1.29 is 23.4 Å². The second-order valence-corrected chi connectivity index (χ2v) is 4.47. The normalized spacial score (nSPS) is 20.4. The summed E-state index contributed by atoms with van der Waals surface area (Å²) in [6.07, 6.45) is 1.17. The Morgan fingerprint density at radius 2 is 2.22 bits per heavy atom. The van der Waals surface area contributed by atoms with Crippen LogP contribution in [0, 0.1) is 0 Å². The number of carbonyl (C=O) groups excluding carboxylic acids is 1. The quantitative estimate of drug-likeness (QED) is 0.708. The number of piperidine rings is 1. The van der Waals surface area contributed by atoms with Gasteiger partial charge < -0.3 is 14.7 Å². The monoisotopic (exact) mass is 265 g/mol. The molecule has 0 aliphatic carbocycles. The third-order valence-corrected chi connectivity index (χ3v) is 3.11. The van der Waals surface area contributed by atoms with Gasteiger partial charge in [-0.1, -0.05) is 0 Å². The van der Waals surface area contributed by atoms with Crippen LogP contribution in [0.2, 0.25) is 0 Å². The predicted molar refractivity (Wildman–Crippen MR) is 62.5 cm³/mol. The van der Waals surface area contributed by atoms with Gasteiger partial charge in [0.15, 0.2) is 0 Å². The maximum absolute atomic E-state index is 11.9. The SMILES string of the molecule is O=C(CCOCC(F)F)N1CCCCC1CCO. The fourth-order valence-electron chi connectivity index (χ4n) is 2.25. The number of halogens is 2. The van der Waals surface area contributed by atoms with Gasteiger partial charge >= 0.3 is 0 Å². The molecule has 0 bridgehead atoms. The summed E-state index contributed by atoms with van der Waals surface area (Å²) in [6.45, 7) is 0.174. The zero-order chi connectivity index (χ0) is 13.4. The maximum Gasteiger partial charge on any atom is 0.261 e. The van der Waals surface area contributed by atoms with Crippen molar-refractivity contribution in [3.8, 4) is 0 Å². The molecule has 1 amide bonds. The first-order valence-corrected chi connectivity index (χ1v) is 6.41. The van der Waals surface area contributed by atoms with E-state index in [0.29, 0.717) is 13.0 Å². The number of likely N-dealkylation sites (tertiary alicyclic amines) is 1. The maximum atomic E-state index is 11.9. The number of alkyl halides is 2. The average Bonchev–Trinajstić information content (AvgIpc) is 2.35. The molecular formula is C12H21F2NO3. The Labute approximate surface area is 106 Å². The van der Waals surface area contributed by atoms with E-state index in [4.69, 9.17) is 9.84 Å². The fourth-order valence-corrected chi connectivity index (χ4v) is 2.25. The van der Waals surface area contributed by atoms with Crippen molar-refractivity contribution in [1.82, 2.24) is 4.90 Å². The summed E-state index contributed by atoms with van der Waals surface area (Å²) >= 11 is 0. The van der Waals surface area contributed by atoms with Crippen LogP contribution in [0.4, 0.5) is 8.78 Å². The standard InChI is InChI=1S/C12H21F2NO3/c13-11(14)9-18-8-5-12(17)15-6-2-1-3-10(15)4-7-16/h10-11,16H,1-9H2. The Kier molecular flexibility index (Phi) is 7.12. The lowest BCUT2D eigenvalue weighted by Gasteiger charge is -2.35. The van der Waals surface area contributed by atoms with E-state index < -0.39 is 13.0 Å². The van der Waals surface area contributed by atoms with Crippen molar-refractivity contribution in [2.24, 2.45) is 0 Å². The van der Waals surface area contributed by atoms with Gasteiger partial charge in [-0.3, -0.25) is 4.79 Å². The highest BCUT2D eigenvalue weighted by Gasteiger charge is 2.25. The number of amides is 1. The smallest absolute Gasteiger partial charge is 0.261 e. The number of aliphatic hydroxyl groups excluding tert-OH is 1. The second-order valence-electron chi connectivity index (χ2n) is 4.47. The van der Waals surface area contributed by atoms with E-state index in [1.807, 2.05) is 0 Å². The number of nitrogens with zero attached hydrogens (tertiary/aromatic N) is 1. The summed E-state index contributed by atoms with van der Waals surface area (Å²) in [5.41, 5.74) is 0. The van der Waals surface area contributed by atoms with Crippen LogP contribution in [0.25, 0.3) is 0 Å². The summed E-state index contributed by atoms with van der Waals surface area (Å²) in [7, 11) is 0. The summed E-state index contributed by atoms with van der Waals surface area (Å²) in [4.78, 5) is 13.7. The van der Waals surface area contributed by atoms with E-state index in [9.17, 15) is 13.6 Å². The van der Waals surface area contributed by atoms with E-state index in [-0.39, 0.29) is 31.6 Å². The number of carbonyl (C=O) groups is 1. The van der Waals surface area contributed by atoms with E-state index in [1.165, 1.54) is 0 Å². The number of ether oxygens (including phenoxy) is 1. The Morgan fingerprint density at radius 3 is 2.89 bits per heavy atom. The van der Waals surface area contributed by atoms with Gasteiger partial charge in [0.05, 0.1) is 13.0 Å². The van der Waals surface area contributed by atoms with Gasteiger partial charge in [0, 0.05) is 19.2 Å². The molecule has 1 fully saturated rings. The fraction of sp³-hybridized carbons (Fsp3) is 0.917. The molecule has 1 aliphatic rings. The topological polar surface area (TPSA) is 49.8 Å². The lowest BCUT2D eigenvalue weighted by atomic mass is 9.99. The van der Waals surface area contributed by atoms with Crippen molar-refractivity contribution in [1.29, 1.82) is 0 Å². The van der Waals surface area contributed by atoms with Crippen molar-refractivity contribution in [2.45, 2.75) is 44.6 Å². The highest BCUT2D eigenvalue weighted by atomic mass is 19.3. The molecule has 1 saturated heterocycles. The minimum absolute atomic E-state index is 0.0333. The molecule has 1 heterocycles.